The maximum Gasteiger partial charge on any atom is 0.0124 e. The van der Waals surface area contributed by atoms with Crippen LogP contribution in [0.15, 0.2) is 0 Å². The number of nitrogens with zero attached hydrogens (tertiary/aromatic N) is 1. The lowest BCUT2D eigenvalue weighted by atomic mass is 9.78. The lowest BCUT2D eigenvalue weighted by Crippen LogP contribution is -2.50. The zero-order chi connectivity index (χ0) is 13.1. The predicted octanol–water partition coefficient (Wildman–Crippen LogP) is 3.42. The van der Waals surface area contributed by atoms with Crippen LogP contribution in [-0.2, 0) is 0 Å². The number of fused-ring (bicyclic) bond motifs is 1. The van der Waals surface area contributed by atoms with E-state index in [1.54, 1.807) is 0 Å². The summed E-state index contributed by atoms with van der Waals surface area (Å²) < 4.78 is 0. The van der Waals surface area contributed by atoms with Crippen molar-refractivity contribution in [3.63, 3.8) is 0 Å². The maximum atomic E-state index is 3.73. The Bertz CT molecular complexity index is 276. The minimum absolute atomic E-state index is 0.814. The molecule has 0 aromatic rings. The second-order valence-corrected chi connectivity index (χ2v) is 7.10. The Morgan fingerprint density at radius 2 is 1.79 bits per heavy atom. The maximum absolute atomic E-state index is 3.73. The molecule has 110 valence electrons. The molecule has 2 aliphatic carbocycles. The summed E-state index contributed by atoms with van der Waals surface area (Å²) in [6.45, 7) is 6.18. The van der Waals surface area contributed by atoms with E-state index in [0.717, 1.165) is 30.5 Å². The molecule has 4 atom stereocenters. The van der Waals surface area contributed by atoms with Gasteiger partial charge in [-0.25, -0.2) is 0 Å². The third-order valence-corrected chi connectivity index (χ3v) is 5.95. The highest BCUT2D eigenvalue weighted by Gasteiger charge is 2.36. The summed E-state index contributed by atoms with van der Waals surface area (Å²) in [4.78, 5) is 2.90. The van der Waals surface area contributed by atoms with Crippen molar-refractivity contribution < 1.29 is 0 Å². The van der Waals surface area contributed by atoms with Gasteiger partial charge in [0.2, 0.25) is 0 Å². The highest BCUT2D eigenvalue weighted by atomic mass is 15.2. The summed E-state index contributed by atoms with van der Waals surface area (Å²) in [6, 6.07) is 1.76. The van der Waals surface area contributed by atoms with E-state index in [9.17, 15) is 0 Å². The van der Waals surface area contributed by atoms with Crippen LogP contribution in [0.3, 0.4) is 0 Å². The summed E-state index contributed by atoms with van der Waals surface area (Å²) >= 11 is 0. The monoisotopic (exact) mass is 264 g/mol. The number of hydrogen-bond donors (Lipinski definition) is 1. The van der Waals surface area contributed by atoms with Gasteiger partial charge < -0.3 is 5.32 Å². The van der Waals surface area contributed by atoms with Crippen molar-refractivity contribution in [1.29, 1.82) is 0 Å². The molecular formula is C17H32N2. The molecule has 3 aliphatic rings. The summed E-state index contributed by atoms with van der Waals surface area (Å²) in [6.07, 6.45) is 13.3. The van der Waals surface area contributed by atoms with Crippen LogP contribution < -0.4 is 5.32 Å². The molecule has 1 heterocycles. The van der Waals surface area contributed by atoms with Gasteiger partial charge in [-0.15, -0.1) is 0 Å². The van der Waals surface area contributed by atoms with Crippen molar-refractivity contribution in [2.45, 2.75) is 76.8 Å². The Labute approximate surface area is 119 Å². The fourth-order valence-corrected chi connectivity index (χ4v) is 5.04. The largest absolute Gasteiger partial charge is 0.314 e. The van der Waals surface area contributed by atoms with Gasteiger partial charge in [0.25, 0.3) is 0 Å². The second kappa shape index (κ2) is 6.58. The molecular weight excluding hydrogens is 232 g/mol. The van der Waals surface area contributed by atoms with E-state index >= 15 is 0 Å². The van der Waals surface area contributed by atoms with Crippen LogP contribution in [0, 0.1) is 11.8 Å². The third-order valence-electron chi connectivity index (χ3n) is 5.95. The van der Waals surface area contributed by atoms with E-state index in [1.807, 2.05) is 0 Å². The molecule has 1 aliphatic heterocycles. The number of nitrogens with one attached hydrogen (secondary N) is 1. The third kappa shape index (κ3) is 3.16. The van der Waals surface area contributed by atoms with Gasteiger partial charge >= 0.3 is 0 Å². The highest BCUT2D eigenvalue weighted by Crippen LogP contribution is 2.37. The molecule has 0 bridgehead atoms. The quantitative estimate of drug-likeness (QED) is 0.837. The average molecular weight is 264 g/mol. The summed E-state index contributed by atoms with van der Waals surface area (Å²) in [5.41, 5.74) is 0. The Kier molecular flexibility index (Phi) is 4.81. The van der Waals surface area contributed by atoms with Crippen molar-refractivity contribution in [2.24, 2.45) is 11.8 Å². The van der Waals surface area contributed by atoms with Crippen LogP contribution in [-0.4, -0.2) is 36.6 Å². The molecule has 0 radical (unpaired) electrons. The standard InChI is InChI=1S/C17H32N2/c1-2-18-16-10-5-8-15(16)13-19-12-6-9-14-7-3-4-11-17(14)19/h14-18H,2-13H2,1H3/t14-,15?,16?,17-/m1/s1. The minimum Gasteiger partial charge on any atom is -0.314 e. The van der Waals surface area contributed by atoms with Gasteiger partial charge in [-0.1, -0.05) is 26.2 Å². The molecule has 19 heavy (non-hydrogen) atoms. The zero-order valence-corrected chi connectivity index (χ0v) is 12.7. The molecule has 2 saturated carbocycles. The van der Waals surface area contributed by atoms with Crippen molar-refractivity contribution in [3.8, 4) is 0 Å². The molecule has 2 unspecified atom stereocenters. The number of rotatable bonds is 4. The zero-order valence-electron chi connectivity index (χ0n) is 12.7. The van der Waals surface area contributed by atoms with Crippen LogP contribution in [0.25, 0.3) is 0 Å². The van der Waals surface area contributed by atoms with Crippen molar-refractivity contribution in [1.82, 2.24) is 10.2 Å². The number of piperidine rings is 1. The van der Waals surface area contributed by atoms with Crippen LogP contribution in [0.5, 0.6) is 0 Å². The van der Waals surface area contributed by atoms with Crippen LogP contribution >= 0.6 is 0 Å². The molecule has 0 amide bonds. The van der Waals surface area contributed by atoms with E-state index in [2.05, 4.69) is 17.1 Å². The van der Waals surface area contributed by atoms with Gasteiger partial charge in [0.1, 0.15) is 0 Å². The first-order valence-electron chi connectivity index (χ1n) is 8.86. The Balaban J connectivity index is 1.58. The fraction of sp³-hybridized carbons (Fsp3) is 1.00. The molecule has 0 aromatic heterocycles. The lowest BCUT2D eigenvalue weighted by molar-refractivity contribution is 0.0454. The molecule has 3 fully saturated rings. The average Bonchev–Trinajstić information content (AvgIpc) is 2.87. The minimum atomic E-state index is 0.814. The second-order valence-electron chi connectivity index (χ2n) is 7.10. The molecule has 3 rings (SSSR count). The van der Waals surface area contributed by atoms with Gasteiger partial charge in [0.15, 0.2) is 0 Å². The molecule has 2 nitrogen and oxygen atoms in total. The Morgan fingerprint density at radius 1 is 0.947 bits per heavy atom. The van der Waals surface area contributed by atoms with Crippen molar-refractivity contribution in [3.05, 3.63) is 0 Å². The highest BCUT2D eigenvalue weighted by molar-refractivity contribution is 4.91. The molecule has 1 saturated heterocycles. The van der Waals surface area contributed by atoms with Gasteiger partial charge in [-0.3, -0.25) is 4.90 Å². The van der Waals surface area contributed by atoms with E-state index in [1.165, 1.54) is 70.9 Å². The Hall–Kier alpha value is -0.0800. The summed E-state index contributed by atoms with van der Waals surface area (Å²) in [5.74, 6) is 1.97. The smallest absolute Gasteiger partial charge is 0.0124 e. The fourth-order valence-electron chi connectivity index (χ4n) is 5.04. The van der Waals surface area contributed by atoms with E-state index < -0.39 is 0 Å². The lowest BCUT2D eigenvalue weighted by Gasteiger charge is -2.45. The van der Waals surface area contributed by atoms with Crippen molar-refractivity contribution >= 4 is 0 Å². The van der Waals surface area contributed by atoms with Gasteiger partial charge in [-0.05, 0) is 63.5 Å². The Morgan fingerprint density at radius 3 is 2.68 bits per heavy atom. The van der Waals surface area contributed by atoms with Gasteiger partial charge in [-0.2, -0.15) is 0 Å². The molecule has 1 N–H and O–H groups in total. The van der Waals surface area contributed by atoms with Crippen LogP contribution in [0.4, 0.5) is 0 Å². The normalized spacial score (nSPS) is 40.3. The SMILES string of the molecule is CCNC1CCCC1CN1CCC[C@H]2CCCC[C@H]21. The summed E-state index contributed by atoms with van der Waals surface area (Å²) in [7, 11) is 0. The number of likely N-dealkylation sites (tertiary alicyclic amines) is 1. The molecule has 2 heteroatoms. The van der Waals surface area contributed by atoms with Crippen molar-refractivity contribution in [2.75, 3.05) is 19.6 Å². The van der Waals surface area contributed by atoms with E-state index in [-0.39, 0.29) is 0 Å². The first kappa shape index (κ1) is 13.9. The summed E-state index contributed by atoms with van der Waals surface area (Å²) in [5, 5.41) is 3.73. The van der Waals surface area contributed by atoms with Gasteiger partial charge in [0.05, 0.1) is 0 Å². The predicted molar refractivity (Wildman–Crippen MR) is 81.4 cm³/mol. The first-order chi connectivity index (χ1) is 9.38. The van der Waals surface area contributed by atoms with E-state index in [4.69, 9.17) is 0 Å². The van der Waals surface area contributed by atoms with E-state index in [0.29, 0.717) is 0 Å². The molecule has 0 aromatic carbocycles. The molecule has 0 spiro atoms. The topological polar surface area (TPSA) is 15.3 Å². The first-order valence-corrected chi connectivity index (χ1v) is 8.86. The van der Waals surface area contributed by atoms with Gasteiger partial charge in [0, 0.05) is 18.6 Å². The number of hydrogen-bond acceptors (Lipinski definition) is 2. The van der Waals surface area contributed by atoms with Crippen LogP contribution in [0.1, 0.15) is 64.7 Å². The van der Waals surface area contributed by atoms with Crippen LogP contribution in [0.2, 0.25) is 0 Å².